The number of cyclic esters (lactones) is 4. The van der Waals surface area contributed by atoms with Crippen LogP contribution in [-0.4, -0.2) is 23.9 Å². The summed E-state index contributed by atoms with van der Waals surface area (Å²) in [6.45, 7) is 1.80. The second-order valence-electron chi connectivity index (χ2n) is 5.23. The van der Waals surface area contributed by atoms with Crippen molar-refractivity contribution in [3.63, 3.8) is 0 Å². The predicted octanol–water partition coefficient (Wildman–Crippen LogP) is 0.358. The summed E-state index contributed by atoms with van der Waals surface area (Å²) < 4.78 is 9.16. The molecule has 0 amide bonds. The molecule has 0 bridgehead atoms. The monoisotopic (exact) mass is 264 g/mol. The summed E-state index contributed by atoms with van der Waals surface area (Å²) >= 11 is 0. The molecule has 0 aromatic heterocycles. The summed E-state index contributed by atoms with van der Waals surface area (Å²) in [5, 5.41) is 0. The fourth-order valence-corrected chi connectivity index (χ4v) is 3.12. The second-order valence-corrected chi connectivity index (χ2v) is 5.23. The van der Waals surface area contributed by atoms with Crippen LogP contribution in [0.25, 0.3) is 0 Å². The fraction of sp³-hybridized carbons (Fsp3) is 0.538. The third-order valence-corrected chi connectivity index (χ3v) is 4.03. The molecule has 0 N–H and O–H groups in total. The molecule has 2 saturated heterocycles. The molecule has 0 radical (unpaired) electrons. The minimum atomic E-state index is -0.612. The van der Waals surface area contributed by atoms with Crippen LogP contribution < -0.4 is 0 Å². The van der Waals surface area contributed by atoms with Crippen LogP contribution in [0, 0.1) is 23.7 Å². The number of rotatable bonds is 1. The van der Waals surface area contributed by atoms with E-state index in [0.717, 1.165) is 0 Å². The Labute approximate surface area is 108 Å². The summed E-state index contributed by atoms with van der Waals surface area (Å²) in [5.41, 5.74) is 0.705. The van der Waals surface area contributed by atoms with E-state index in [0.29, 0.717) is 5.57 Å². The third kappa shape index (κ3) is 1.78. The van der Waals surface area contributed by atoms with Gasteiger partial charge in [-0.15, -0.1) is 0 Å². The third-order valence-electron chi connectivity index (χ3n) is 4.03. The molecule has 100 valence electrons. The zero-order chi connectivity index (χ0) is 13.7. The first-order valence-electron chi connectivity index (χ1n) is 6.18. The quantitative estimate of drug-likeness (QED) is 0.386. The largest absolute Gasteiger partial charge is 0.393 e. The van der Waals surface area contributed by atoms with Gasteiger partial charge in [0.1, 0.15) is 0 Å². The topological polar surface area (TPSA) is 86.7 Å². The van der Waals surface area contributed by atoms with E-state index < -0.39 is 41.6 Å². The summed E-state index contributed by atoms with van der Waals surface area (Å²) in [5.74, 6) is -3.95. The number of carbonyl (C=O) groups is 4. The Morgan fingerprint density at radius 2 is 1.74 bits per heavy atom. The number of carbonyl (C=O) groups excluding carboxylic acids is 4. The number of ether oxygens (including phenoxy) is 2. The van der Waals surface area contributed by atoms with Crippen LogP contribution in [0.2, 0.25) is 0 Å². The standard InChI is InChI=1S/C13H12O6/c1-5-2-6(7-4-9(14)18-11(7)15)3-8-10(5)13(17)19-12(8)16/h2,5,7-8,10H,3-4H2,1H3. The van der Waals surface area contributed by atoms with E-state index in [2.05, 4.69) is 9.47 Å². The van der Waals surface area contributed by atoms with Gasteiger partial charge in [-0.3, -0.25) is 19.2 Å². The highest BCUT2D eigenvalue weighted by molar-refractivity contribution is 5.99. The number of allylic oxidation sites excluding steroid dienone is 1. The van der Waals surface area contributed by atoms with Crippen molar-refractivity contribution in [3.05, 3.63) is 11.6 Å². The molecular weight excluding hydrogens is 252 g/mol. The Bertz CT molecular complexity index is 531. The van der Waals surface area contributed by atoms with E-state index in [1.54, 1.807) is 13.0 Å². The molecule has 19 heavy (non-hydrogen) atoms. The van der Waals surface area contributed by atoms with E-state index in [1.807, 2.05) is 0 Å². The molecule has 1 aliphatic carbocycles. The van der Waals surface area contributed by atoms with Crippen molar-refractivity contribution >= 4 is 23.9 Å². The highest BCUT2D eigenvalue weighted by Gasteiger charge is 2.50. The normalized spacial score (nSPS) is 37.8. The van der Waals surface area contributed by atoms with Gasteiger partial charge in [-0.2, -0.15) is 0 Å². The van der Waals surface area contributed by atoms with E-state index in [1.165, 1.54) is 0 Å². The summed E-state index contributed by atoms with van der Waals surface area (Å²) in [4.78, 5) is 45.9. The van der Waals surface area contributed by atoms with Crippen molar-refractivity contribution in [2.45, 2.75) is 19.8 Å². The zero-order valence-corrected chi connectivity index (χ0v) is 10.3. The van der Waals surface area contributed by atoms with Gasteiger partial charge in [-0.1, -0.05) is 18.6 Å². The van der Waals surface area contributed by atoms with Crippen LogP contribution >= 0.6 is 0 Å². The van der Waals surface area contributed by atoms with Gasteiger partial charge in [0.05, 0.1) is 24.2 Å². The lowest BCUT2D eigenvalue weighted by molar-refractivity contribution is -0.155. The summed E-state index contributed by atoms with van der Waals surface area (Å²) in [6, 6.07) is 0. The molecule has 6 heteroatoms. The van der Waals surface area contributed by atoms with Crippen molar-refractivity contribution in [3.8, 4) is 0 Å². The van der Waals surface area contributed by atoms with Gasteiger partial charge in [0.25, 0.3) is 0 Å². The lowest BCUT2D eigenvalue weighted by Gasteiger charge is -2.27. The molecule has 4 atom stereocenters. The Morgan fingerprint density at radius 1 is 1.00 bits per heavy atom. The smallest absolute Gasteiger partial charge is 0.321 e. The molecule has 0 aromatic rings. The summed E-state index contributed by atoms with van der Waals surface area (Å²) in [7, 11) is 0. The molecule has 2 fully saturated rings. The molecule has 0 saturated carbocycles. The van der Waals surface area contributed by atoms with E-state index in [-0.39, 0.29) is 18.8 Å². The van der Waals surface area contributed by atoms with Gasteiger partial charge < -0.3 is 9.47 Å². The van der Waals surface area contributed by atoms with Gasteiger partial charge in [0.2, 0.25) is 0 Å². The van der Waals surface area contributed by atoms with Gasteiger partial charge in [-0.05, 0) is 12.3 Å². The van der Waals surface area contributed by atoms with Crippen molar-refractivity contribution < 1.29 is 28.7 Å². The van der Waals surface area contributed by atoms with E-state index in [4.69, 9.17) is 0 Å². The molecule has 0 spiro atoms. The first kappa shape index (κ1) is 12.1. The maximum absolute atomic E-state index is 11.6. The SMILES string of the molecule is CC1C=C(C2CC(=O)OC2=O)CC2C(=O)OC(=O)C12. The Morgan fingerprint density at radius 3 is 2.37 bits per heavy atom. The van der Waals surface area contributed by atoms with Gasteiger partial charge >= 0.3 is 23.9 Å². The van der Waals surface area contributed by atoms with E-state index >= 15 is 0 Å². The number of hydrogen-bond acceptors (Lipinski definition) is 6. The van der Waals surface area contributed by atoms with Crippen LogP contribution in [0.1, 0.15) is 19.8 Å². The summed E-state index contributed by atoms with van der Waals surface area (Å²) in [6.07, 6.45) is 2.09. The van der Waals surface area contributed by atoms with Crippen molar-refractivity contribution in [1.82, 2.24) is 0 Å². The molecule has 2 heterocycles. The lowest BCUT2D eigenvalue weighted by atomic mass is 9.72. The van der Waals surface area contributed by atoms with E-state index in [9.17, 15) is 19.2 Å². The number of hydrogen-bond donors (Lipinski definition) is 0. The average Bonchev–Trinajstić information content (AvgIpc) is 2.80. The molecule has 3 rings (SSSR count). The maximum Gasteiger partial charge on any atom is 0.321 e. The zero-order valence-electron chi connectivity index (χ0n) is 10.3. The van der Waals surface area contributed by atoms with Crippen LogP contribution in [0.4, 0.5) is 0 Å². The first-order chi connectivity index (χ1) is 8.97. The van der Waals surface area contributed by atoms with Crippen molar-refractivity contribution in [1.29, 1.82) is 0 Å². The fourth-order valence-electron chi connectivity index (χ4n) is 3.12. The molecule has 0 aromatic carbocycles. The van der Waals surface area contributed by atoms with Crippen LogP contribution in [0.15, 0.2) is 11.6 Å². The van der Waals surface area contributed by atoms with Crippen LogP contribution in [-0.2, 0) is 28.7 Å². The molecular formula is C13H12O6. The first-order valence-corrected chi connectivity index (χ1v) is 6.18. The average molecular weight is 264 g/mol. The highest BCUT2D eigenvalue weighted by Crippen LogP contribution is 2.43. The number of esters is 4. The second kappa shape index (κ2) is 4.01. The Hall–Kier alpha value is -1.98. The maximum atomic E-state index is 11.6. The predicted molar refractivity (Wildman–Crippen MR) is 59.1 cm³/mol. The molecule has 3 aliphatic rings. The molecule has 4 unspecified atom stereocenters. The minimum absolute atomic E-state index is 0.0117. The molecule has 6 nitrogen and oxygen atoms in total. The van der Waals surface area contributed by atoms with Gasteiger partial charge in [-0.25, -0.2) is 0 Å². The van der Waals surface area contributed by atoms with Crippen molar-refractivity contribution in [2.75, 3.05) is 0 Å². The minimum Gasteiger partial charge on any atom is -0.393 e. The van der Waals surface area contributed by atoms with Crippen molar-refractivity contribution in [2.24, 2.45) is 23.7 Å². The highest BCUT2D eigenvalue weighted by atomic mass is 16.6. The number of fused-ring (bicyclic) bond motifs is 1. The van der Waals surface area contributed by atoms with Gasteiger partial charge in [0, 0.05) is 0 Å². The van der Waals surface area contributed by atoms with Crippen LogP contribution in [0.5, 0.6) is 0 Å². The van der Waals surface area contributed by atoms with Crippen LogP contribution in [0.3, 0.4) is 0 Å². The Balaban J connectivity index is 1.89. The lowest BCUT2D eigenvalue weighted by Crippen LogP contribution is -2.30. The van der Waals surface area contributed by atoms with Gasteiger partial charge in [0.15, 0.2) is 0 Å². The molecule has 2 aliphatic heterocycles. The Kier molecular flexibility index (Phi) is 2.55.